The largest absolute Gasteiger partial charge is 0.345 e. The van der Waals surface area contributed by atoms with Gasteiger partial charge in [0.15, 0.2) is 0 Å². The summed E-state index contributed by atoms with van der Waals surface area (Å²) in [4.78, 5) is 15.9. The summed E-state index contributed by atoms with van der Waals surface area (Å²) in [6.45, 7) is 6.05. The Morgan fingerprint density at radius 2 is 1.85 bits per heavy atom. The minimum absolute atomic E-state index is 0.142. The number of nitriles is 1. The van der Waals surface area contributed by atoms with Crippen LogP contribution >= 0.6 is 0 Å². The lowest BCUT2D eigenvalue weighted by molar-refractivity contribution is -0.130. The predicted molar refractivity (Wildman–Crippen MR) is 81.2 cm³/mol. The van der Waals surface area contributed by atoms with Crippen molar-refractivity contribution in [2.45, 2.75) is 58.4 Å². The Morgan fingerprint density at radius 1 is 1.25 bits per heavy atom. The van der Waals surface area contributed by atoms with Crippen LogP contribution in [0.15, 0.2) is 0 Å². The summed E-state index contributed by atoms with van der Waals surface area (Å²) in [5.74, 6) is 0.142. The Bertz CT molecular complexity index is 349. The number of rotatable bonds is 6. The molecule has 0 N–H and O–H groups in total. The molecule has 0 unspecified atom stereocenters. The molecule has 114 valence electrons. The maximum atomic E-state index is 11.9. The molecule has 1 fully saturated rings. The smallest absolute Gasteiger partial charge is 0.223 e. The highest BCUT2D eigenvalue weighted by Gasteiger charge is 2.28. The van der Waals surface area contributed by atoms with Gasteiger partial charge in [-0.25, -0.2) is 0 Å². The van der Waals surface area contributed by atoms with Gasteiger partial charge >= 0.3 is 0 Å². The minimum atomic E-state index is 0.142. The summed E-state index contributed by atoms with van der Waals surface area (Å²) >= 11 is 0. The molecule has 0 saturated heterocycles. The van der Waals surface area contributed by atoms with E-state index >= 15 is 0 Å². The second-order valence-corrected chi connectivity index (χ2v) is 6.85. The second-order valence-electron chi connectivity index (χ2n) is 6.85. The van der Waals surface area contributed by atoms with E-state index in [1.165, 1.54) is 25.7 Å². The number of hydrogen-bond acceptors (Lipinski definition) is 3. The molecule has 0 heterocycles. The summed E-state index contributed by atoms with van der Waals surface area (Å²) in [5.41, 5.74) is 0.491. The zero-order chi connectivity index (χ0) is 15.2. The Kier molecular flexibility index (Phi) is 6.48. The molecule has 0 bridgehead atoms. The van der Waals surface area contributed by atoms with Crippen molar-refractivity contribution in [1.82, 2.24) is 9.80 Å². The number of hydrogen-bond donors (Lipinski definition) is 0. The van der Waals surface area contributed by atoms with Gasteiger partial charge in [0.2, 0.25) is 5.91 Å². The van der Waals surface area contributed by atoms with Gasteiger partial charge in [-0.05, 0) is 38.1 Å². The Hall–Kier alpha value is -1.08. The van der Waals surface area contributed by atoms with Crippen molar-refractivity contribution in [3.8, 4) is 6.07 Å². The van der Waals surface area contributed by atoms with E-state index in [1.807, 2.05) is 0 Å². The lowest BCUT2D eigenvalue weighted by atomic mass is 9.75. The van der Waals surface area contributed by atoms with Crippen LogP contribution in [0.4, 0.5) is 0 Å². The van der Waals surface area contributed by atoms with Gasteiger partial charge < -0.3 is 9.80 Å². The molecule has 1 amide bonds. The molecule has 0 aromatic rings. The Balaban J connectivity index is 2.28. The third kappa shape index (κ3) is 5.50. The zero-order valence-electron chi connectivity index (χ0n) is 13.5. The van der Waals surface area contributed by atoms with Crippen LogP contribution in [0.5, 0.6) is 0 Å². The molecule has 0 spiro atoms. The first-order valence-electron chi connectivity index (χ1n) is 7.67. The van der Waals surface area contributed by atoms with E-state index in [0.29, 0.717) is 30.8 Å². The monoisotopic (exact) mass is 279 g/mol. The fraction of sp³-hybridized carbons (Fsp3) is 0.875. The Morgan fingerprint density at radius 3 is 2.40 bits per heavy atom. The molecular weight excluding hydrogens is 250 g/mol. The summed E-state index contributed by atoms with van der Waals surface area (Å²) in [6.07, 6.45) is 5.99. The van der Waals surface area contributed by atoms with E-state index in [1.54, 1.807) is 11.9 Å². The summed E-state index contributed by atoms with van der Waals surface area (Å²) in [6, 6.07) is 2.70. The molecular formula is C16H29N3O. The van der Waals surface area contributed by atoms with Gasteiger partial charge in [-0.3, -0.25) is 4.79 Å². The van der Waals surface area contributed by atoms with Crippen molar-refractivity contribution in [3.05, 3.63) is 0 Å². The fourth-order valence-corrected chi connectivity index (χ4v) is 2.81. The third-order valence-electron chi connectivity index (χ3n) is 4.60. The van der Waals surface area contributed by atoms with Crippen molar-refractivity contribution in [2.75, 3.05) is 27.2 Å². The highest BCUT2D eigenvalue weighted by molar-refractivity contribution is 5.76. The summed E-state index contributed by atoms with van der Waals surface area (Å²) in [5, 5.41) is 8.53. The van der Waals surface area contributed by atoms with E-state index in [0.717, 1.165) is 6.54 Å². The highest BCUT2D eigenvalue weighted by Crippen LogP contribution is 2.36. The highest BCUT2D eigenvalue weighted by atomic mass is 16.2. The SMILES string of the molecule is CN(CCC#N)C(=O)CCN(C)C1CCC(C)(C)CC1. The summed E-state index contributed by atoms with van der Waals surface area (Å²) < 4.78 is 0. The van der Waals surface area contributed by atoms with Gasteiger partial charge in [-0.2, -0.15) is 5.26 Å². The predicted octanol–water partition coefficient (Wildman–Crippen LogP) is 2.65. The van der Waals surface area contributed by atoms with Crippen molar-refractivity contribution >= 4 is 5.91 Å². The molecule has 1 rings (SSSR count). The lowest BCUT2D eigenvalue weighted by Crippen LogP contribution is -2.39. The van der Waals surface area contributed by atoms with E-state index in [9.17, 15) is 4.79 Å². The van der Waals surface area contributed by atoms with Crippen LogP contribution in [-0.2, 0) is 4.79 Å². The first-order chi connectivity index (χ1) is 9.35. The van der Waals surface area contributed by atoms with E-state index < -0.39 is 0 Å². The molecule has 20 heavy (non-hydrogen) atoms. The topological polar surface area (TPSA) is 47.3 Å². The zero-order valence-corrected chi connectivity index (χ0v) is 13.5. The van der Waals surface area contributed by atoms with Crippen LogP contribution in [0.25, 0.3) is 0 Å². The maximum absolute atomic E-state index is 11.9. The standard InChI is InChI=1S/C16H29N3O/c1-16(2)9-6-14(7-10-16)18(3)13-8-15(20)19(4)12-5-11-17/h14H,5-10,12-13H2,1-4H3. The maximum Gasteiger partial charge on any atom is 0.223 e. The fourth-order valence-electron chi connectivity index (χ4n) is 2.81. The van der Waals surface area contributed by atoms with Gasteiger partial charge in [-0.1, -0.05) is 13.8 Å². The molecule has 0 aromatic heterocycles. The molecule has 1 aliphatic carbocycles. The third-order valence-corrected chi connectivity index (χ3v) is 4.60. The van der Waals surface area contributed by atoms with Crippen LogP contribution in [-0.4, -0.2) is 48.9 Å². The molecule has 4 heteroatoms. The molecule has 0 atom stereocenters. The van der Waals surface area contributed by atoms with Gasteiger partial charge in [0.05, 0.1) is 12.5 Å². The van der Waals surface area contributed by atoms with Crippen molar-refractivity contribution < 1.29 is 4.79 Å². The lowest BCUT2D eigenvalue weighted by Gasteiger charge is -2.38. The first-order valence-corrected chi connectivity index (χ1v) is 7.67. The first kappa shape index (κ1) is 17.0. The van der Waals surface area contributed by atoms with Crippen molar-refractivity contribution in [1.29, 1.82) is 5.26 Å². The van der Waals surface area contributed by atoms with Gasteiger partial charge in [0, 0.05) is 32.6 Å². The van der Waals surface area contributed by atoms with Crippen LogP contribution in [0.3, 0.4) is 0 Å². The number of carbonyl (C=O) groups excluding carboxylic acids is 1. The average molecular weight is 279 g/mol. The normalized spacial score (nSPS) is 18.8. The minimum Gasteiger partial charge on any atom is -0.345 e. The van der Waals surface area contributed by atoms with Crippen molar-refractivity contribution in [3.63, 3.8) is 0 Å². The molecule has 1 saturated carbocycles. The van der Waals surface area contributed by atoms with Crippen molar-refractivity contribution in [2.24, 2.45) is 5.41 Å². The molecule has 4 nitrogen and oxygen atoms in total. The molecule has 0 aliphatic heterocycles. The molecule has 1 aliphatic rings. The summed E-state index contributed by atoms with van der Waals surface area (Å²) in [7, 11) is 3.91. The second kappa shape index (κ2) is 7.64. The Labute approximate surface area is 123 Å². The van der Waals surface area contributed by atoms with E-state index in [-0.39, 0.29) is 5.91 Å². The average Bonchev–Trinajstić information content (AvgIpc) is 2.41. The van der Waals surface area contributed by atoms with Gasteiger partial charge in [-0.15, -0.1) is 0 Å². The van der Waals surface area contributed by atoms with E-state index in [2.05, 4.69) is 31.9 Å². The molecule has 0 radical (unpaired) electrons. The van der Waals surface area contributed by atoms with E-state index in [4.69, 9.17) is 5.26 Å². The van der Waals surface area contributed by atoms with Crippen LogP contribution in [0, 0.1) is 16.7 Å². The number of nitrogens with zero attached hydrogens (tertiary/aromatic N) is 3. The number of amides is 1. The molecule has 0 aromatic carbocycles. The number of carbonyl (C=O) groups is 1. The van der Waals surface area contributed by atoms with Gasteiger partial charge in [0.1, 0.15) is 0 Å². The van der Waals surface area contributed by atoms with Crippen LogP contribution in [0.1, 0.15) is 52.4 Å². The van der Waals surface area contributed by atoms with Crippen LogP contribution < -0.4 is 0 Å². The quantitative estimate of drug-likeness (QED) is 0.751. The van der Waals surface area contributed by atoms with Crippen LogP contribution in [0.2, 0.25) is 0 Å². The van der Waals surface area contributed by atoms with Gasteiger partial charge in [0.25, 0.3) is 0 Å².